The largest absolute Gasteiger partial charge is 0.465 e. The Balaban J connectivity index is 2.67. The first-order valence-corrected chi connectivity index (χ1v) is 6.74. The molecule has 0 bridgehead atoms. The highest BCUT2D eigenvalue weighted by atomic mass is 127. The highest BCUT2D eigenvalue weighted by Gasteiger charge is 2.14. The Bertz CT molecular complexity index is 651. The molecule has 19 heavy (non-hydrogen) atoms. The molecule has 0 atom stereocenters. The Hall–Kier alpha value is -1.80. The maximum Gasteiger partial charge on any atom is 0.339 e. The zero-order valence-corrected chi connectivity index (χ0v) is 12.5. The van der Waals surface area contributed by atoms with Gasteiger partial charge in [-0.05, 0) is 21.1 Å². The van der Waals surface area contributed by atoms with Crippen LogP contribution in [-0.2, 0) is 4.74 Å². The fraction of sp³-hybridized carbons (Fsp3) is 0.0625. The van der Waals surface area contributed by atoms with Crippen molar-refractivity contribution in [2.75, 3.05) is 7.11 Å². The minimum atomic E-state index is -0.369. The molecule has 3 heteroatoms. The molecule has 0 saturated carbocycles. The molecule has 2 nitrogen and oxygen atoms in total. The second-order valence-electron chi connectivity index (χ2n) is 3.81. The summed E-state index contributed by atoms with van der Waals surface area (Å²) in [6.07, 6.45) is 0. The number of methoxy groups -OCH3 is 1. The van der Waals surface area contributed by atoms with Crippen LogP contribution in [0.5, 0.6) is 0 Å². The average molecular weight is 362 g/mol. The van der Waals surface area contributed by atoms with Crippen molar-refractivity contribution in [3.8, 4) is 21.0 Å². The van der Waals surface area contributed by atoms with Gasteiger partial charge >= 0.3 is 5.97 Å². The first-order valence-electron chi connectivity index (χ1n) is 5.66. The van der Waals surface area contributed by atoms with Crippen molar-refractivity contribution >= 4 is 28.6 Å². The third-order valence-electron chi connectivity index (χ3n) is 2.73. The summed E-state index contributed by atoms with van der Waals surface area (Å²) in [7, 11) is 1.37. The SMILES string of the molecule is COC(=O)c1cccc(-c2ccccc2)c1C#CI. The number of halogens is 1. The summed E-state index contributed by atoms with van der Waals surface area (Å²) >= 11 is 1.97. The van der Waals surface area contributed by atoms with Gasteiger partial charge in [-0.1, -0.05) is 48.4 Å². The van der Waals surface area contributed by atoms with Gasteiger partial charge in [0, 0.05) is 28.2 Å². The zero-order valence-electron chi connectivity index (χ0n) is 10.3. The van der Waals surface area contributed by atoms with E-state index in [4.69, 9.17) is 4.74 Å². The molecule has 0 N–H and O–H groups in total. The van der Waals surface area contributed by atoms with Crippen LogP contribution in [0.4, 0.5) is 0 Å². The Labute approximate surface area is 125 Å². The normalized spacial score (nSPS) is 9.37. The zero-order chi connectivity index (χ0) is 13.7. The van der Waals surface area contributed by atoms with Crippen molar-refractivity contribution in [1.29, 1.82) is 0 Å². The van der Waals surface area contributed by atoms with E-state index in [2.05, 4.69) is 9.85 Å². The summed E-state index contributed by atoms with van der Waals surface area (Å²) in [5.74, 6) is 2.63. The van der Waals surface area contributed by atoms with Crippen molar-refractivity contribution < 1.29 is 9.53 Å². The summed E-state index contributed by atoms with van der Waals surface area (Å²) in [5, 5.41) is 0. The van der Waals surface area contributed by atoms with Crippen LogP contribution < -0.4 is 0 Å². The Morgan fingerprint density at radius 3 is 2.47 bits per heavy atom. The Morgan fingerprint density at radius 2 is 1.84 bits per heavy atom. The summed E-state index contributed by atoms with van der Waals surface area (Å²) in [6.45, 7) is 0. The van der Waals surface area contributed by atoms with Crippen LogP contribution in [0.2, 0.25) is 0 Å². The van der Waals surface area contributed by atoms with Crippen LogP contribution in [0.15, 0.2) is 48.5 Å². The fourth-order valence-corrected chi connectivity index (χ4v) is 2.14. The topological polar surface area (TPSA) is 26.3 Å². The molecule has 0 heterocycles. The minimum Gasteiger partial charge on any atom is -0.465 e. The minimum absolute atomic E-state index is 0.369. The highest BCUT2D eigenvalue weighted by Crippen LogP contribution is 2.26. The summed E-state index contributed by atoms with van der Waals surface area (Å²) in [5.41, 5.74) is 3.16. The number of benzene rings is 2. The van der Waals surface area contributed by atoms with E-state index in [0.29, 0.717) is 11.1 Å². The van der Waals surface area contributed by atoms with Crippen molar-refractivity contribution in [1.82, 2.24) is 0 Å². The second-order valence-corrected chi connectivity index (χ2v) is 4.34. The molecule has 0 aromatic heterocycles. The Kier molecular flexibility index (Phi) is 4.58. The van der Waals surface area contributed by atoms with Gasteiger partial charge in [0.05, 0.1) is 12.7 Å². The number of esters is 1. The van der Waals surface area contributed by atoms with E-state index in [1.807, 2.05) is 65.1 Å². The number of ether oxygens (including phenoxy) is 1. The van der Waals surface area contributed by atoms with Crippen LogP contribution in [0.25, 0.3) is 11.1 Å². The quantitative estimate of drug-likeness (QED) is 0.460. The van der Waals surface area contributed by atoms with E-state index < -0.39 is 0 Å². The predicted molar refractivity (Wildman–Crippen MR) is 84.1 cm³/mol. The molecular weight excluding hydrogens is 351 g/mol. The summed E-state index contributed by atoms with van der Waals surface area (Å²) in [6, 6.07) is 15.4. The number of hydrogen-bond donors (Lipinski definition) is 0. The lowest BCUT2D eigenvalue weighted by molar-refractivity contribution is 0.0600. The molecule has 94 valence electrons. The van der Waals surface area contributed by atoms with Crippen molar-refractivity contribution in [2.45, 2.75) is 0 Å². The smallest absolute Gasteiger partial charge is 0.339 e. The number of carbonyl (C=O) groups excluding carboxylic acids is 1. The third-order valence-corrected chi connectivity index (χ3v) is 3.00. The standard InChI is InChI=1S/C16H11IO2/c1-19-16(18)15-9-5-8-13(14(15)10-11-17)12-6-3-2-4-7-12/h2-9H,1H3. The third kappa shape index (κ3) is 2.96. The van der Waals surface area contributed by atoms with Crippen LogP contribution in [0, 0.1) is 9.85 Å². The van der Waals surface area contributed by atoms with Crippen LogP contribution >= 0.6 is 22.6 Å². The second kappa shape index (κ2) is 6.39. The first-order chi connectivity index (χ1) is 9.27. The molecule has 2 aromatic carbocycles. The number of rotatable bonds is 2. The molecule has 0 radical (unpaired) electrons. The van der Waals surface area contributed by atoms with Gasteiger partial charge in [0.25, 0.3) is 0 Å². The molecular formula is C16H11IO2. The van der Waals surface area contributed by atoms with Crippen LogP contribution in [-0.4, -0.2) is 13.1 Å². The van der Waals surface area contributed by atoms with Gasteiger partial charge in [-0.15, -0.1) is 0 Å². The molecule has 0 aliphatic carbocycles. The van der Waals surface area contributed by atoms with Gasteiger partial charge in [0.2, 0.25) is 0 Å². The highest BCUT2D eigenvalue weighted by molar-refractivity contribution is 14.1. The molecule has 0 aliphatic rings. The van der Waals surface area contributed by atoms with Gasteiger partial charge in [0.15, 0.2) is 0 Å². The first kappa shape index (κ1) is 13.6. The molecule has 0 spiro atoms. The predicted octanol–water partition coefficient (Wildman–Crippen LogP) is 3.88. The van der Waals surface area contributed by atoms with Gasteiger partial charge in [-0.25, -0.2) is 4.79 Å². The van der Waals surface area contributed by atoms with Crippen molar-refractivity contribution in [3.05, 3.63) is 59.7 Å². The van der Waals surface area contributed by atoms with E-state index in [0.717, 1.165) is 11.1 Å². The van der Waals surface area contributed by atoms with E-state index >= 15 is 0 Å². The average Bonchev–Trinajstić information content (AvgIpc) is 2.48. The van der Waals surface area contributed by atoms with Crippen LogP contribution in [0.1, 0.15) is 15.9 Å². The van der Waals surface area contributed by atoms with E-state index in [1.54, 1.807) is 6.07 Å². The van der Waals surface area contributed by atoms with Gasteiger partial charge in [0.1, 0.15) is 0 Å². The molecule has 2 rings (SSSR count). The Morgan fingerprint density at radius 1 is 1.11 bits per heavy atom. The molecule has 0 amide bonds. The van der Waals surface area contributed by atoms with E-state index in [9.17, 15) is 4.79 Å². The lowest BCUT2D eigenvalue weighted by Gasteiger charge is -2.09. The summed E-state index contributed by atoms with van der Waals surface area (Å²) in [4.78, 5) is 11.8. The fourth-order valence-electron chi connectivity index (χ4n) is 1.87. The molecule has 0 aliphatic heterocycles. The van der Waals surface area contributed by atoms with Crippen molar-refractivity contribution in [2.24, 2.45) is 0 Å². The monoisotopic (exact) mass is 362 g/mol. The lowest BCUT2D eigenvalue weighted by atomic mass is 9.96. The van der Waals surface area contributed by atoms with Crippen LogP contribution in [0.3, 0.4) is 0 Å². The summed E-state index contributed by atoms with van der Waals surface area (Å²) < 4.78 is 7.63. The number of hydrogen-bond acceptors (Lipinski definition) is 2. The van der Waals surface area contributed by atoms with Gasteiger partial charge in [-0.3, -0.25) is 0 Å². The molecule has 0 unspecified atom stereocenters. The van der Waals surface area contributed by atoms with Crippen molar-refractivity contribution in [3.63, 3.8) is 0 Å². The maximum absolute atomic E-state index is 11.8. The van der Waals surface area contributed by atoms with E-state index in [-0.39, 0.29) is 5.97 Å². The maximum atomic E-state index is 11.8. The lowest BCUT2D eigenvalue weighted by Crippen LogP contribution is -2.05. The molecule has 2 aromatic rings. The molecule has 0 saturated heterocycles. The van der Waals surface area contributed by atoms with Gasteiger partial charge < -0.3 is 4.74 Å². The molecule has 0 fully saturated rings. The van der Waals surface area contributed by atoms with E-state index in [1.165, 1.54) is 7.11 Å². The van der Waals surface area contributed by atoms with Gasteiger partial charge in [-0.2, -0.15) is 0 Å². The number of carbonyl (C=O) groups is 1.